The highest BCUT2D eigenvalue weighted by Gasteiger charge is 2.17. The fraction of sp³-hybridized carbons (Fsp3) is 0.312. The Hall–Kier alpha value is -1.59. The Morgan fingerprint density at radius 2 is 1.86 bits per heavy atom. The van der Waals surface area contributed by atoms with E-state index in [4.69, 9.17) is 4.42 Å². The van der Waals surface area contributed by atoms with Crippen LogP contribution in [-0.2, 0) is 13.1 Å². The summed E-state index contributed by atoms with van der Waals surface area (Å²) in [6, 6.07) is 11.8. The van der Waals surface area contributed by atoms with Gasteiger partial charge in [0.1, 0.15) is 24.8 Å². The maximum atomic E-state index is 10.7. The minimum Gasteiger partial charge on any atom is -0.542 e. The standard InChI is InChI=1S/C16H18BrNO3/c1-11(2)18(9-12-3-5-13(17)6-4-12)10-14-7-8-15(21-14)16(19)20/h3-8,11H,9-10H2,1-2H3,(H,19,20). The summed E-state index contributed by atoms with van der Waals surface area (Å²) < 4.78 is 6.35. The number of carbonyl (C=O) groups excluding carboxylic acids is 1. The van der Waals surface area contributed by atoms with Crippen LogP contribution in [0.4, 0.5) is 0 Å². The fourth-order valence-electron chi connectivity index (χ4n) is 2.14. The van der Waals surface area contributed by atoms with Gasteiger partial charge in [0.05, 0.1) is 6.04 Å². The zero-order valence-electron chi connectivity index (χ0n) is 12.1. The average Bonchev–Trinajstić information content (AvgIpc) is 2.89. The molecule has 0 saturated carbocycles. The number of aromatic carboxylic acids is 1. The Balaban J connectivity index is 2.08. The van der Waals surface area contributed by atoms with Gasteiger partial charge in [-0.2, -0.15) is 0 Å². The molecule has 2 rings (SSSR count). The van der Waals surface area contributed by atoms with Crippen LogP contribution in [0.25, 0.3) is 0 Å². The number of benzene rings is 1. The first-order valence-electron chi connectivity index (χ1n) is 6.85. The highest BCUT2D eigenvalue weighted by molar-refractivity contribution is 9.10. The van der Waals surface area contributed by atoms with Gasteiger partial charge in [-0.15, -0.1) is 0 Å². The Bertz CT molecular complexity index is 604. The predicted molar refractivity (Wildman–Crippen MR) is 80.7 cm³/mol. The molecule has 0 fully saturated rings. The molecule has 0 radical (unpaired) electrons. The van der Waals surface area contributed by atoms with E-state index in [9.17, 15) is 9.90 Å². The van der Waals surface area contributed by atoms with E-state index in [2.05, 4.69) is 41.9 Å². The molecule has 1 N–H and O–H groups in total. The summed E-state index contributed by atoms with van der Waals surface area (Å²) in [4.78, 5) is 12.0. The average molecular weight is 352 g/mol. The van der Waals surface area contributed by atoms with Crippen molar-refractivity contribution in [2.45, 2.75) is 33.0 Å². The van der Waals surface area contributed by atoms with Gasteiger partial charge in [-0.05, 0) is 38.1 Å². The van der Waals surface area contributed by atoms with Crippen molar-refractivity contribution in [1.82, 2.24) is 0 Å². The van der Waals surface area contributed by atoms with Crippen molar-refractivity contribution in [3.63, 3.8) is 0 Å². The molecule has 1 unspecified atom stereocenters. The van der Waals surface area contributed by atoms with Gasteiger partial charge in [-0.1, -0.05) is 28.1 Å². The number of carboxylic acids is 1. The third-order valence-corrected chi connectivity index (χ3v) is 3.95. The molecule has 2 aromatic rings. The summed E-state index contributed by atoms with van der Waals surface area (Å²) in [7, 11) is 0. The molecule has 0 saturated heterocycles. The van der Waals surface area contributed by atoms with Crippen LogP contribution in [0.5, 0.6) is 0 Å². The summed E-state index contributed by atoms with van der Waals surface area (Å²) in [5.74, 6) is -0.730. The molecule has 1 atom stereocenters. The van der Waals surface area contributed by atoms with Crippen LogP contribution in [-0.4, -0.2) is 12.0 Å². The number of nitrogens with one attached hydrogen (secondary N) is 1. The molecule has 0 aliphatic rings. The molecule has 0 spiro atoms. The van der Waals surface area contributed by atoms with E-state index in [1.807, 2.05) is 12.1 Å². The molecule has 112 valence electrons. The van der Waals surface area contributed by atoms with E-state index in [1.54, 1.807) is 6.07 Å². The minimum absolute atomic E-state index is 0.114. The zero-order chi connectivity index (χ0) is 15.4. The molecule has 1 aromatic carbocycles. The molecule has 4 nitrogen and oxygen atoms in total. The van der Waals surface area contributed by atoms with Crippen LogP contribution in [0, 0.1) is 0 Å². The molecule has 0 aliphatic heterocycles. The number of rotatable bonds is 6. The van der Waals surface area contributed by atoms with E-state index in [0.29, 0.717) is 18.3 Å². The highest BCUT2D eigenvalue weighted by Crippen LogP contribution is 2.10. The lowest BCUT2D eigenvalue weighted by atomic mass is 10.2. The summed E-state index contributed by atoms with van der Waals surface area (Å²) in [6.45, 7) is 5.76. The van der Waals surface area contributed by atoms with Crippen molar-refractivity contribution in [3.05, 3.63) is 58.0 Å². The van der Waals surface area contributed by atoms with E-state index in [0.717, 1.165) is 11.0 Å². The molecule has 0 aliphatic carbocycles. The van der Waals surface area contributed by atoms with Gasteiger partial charge < -0.3 is 19.2 Å². The Kier molecular flexibility index (Phi) is 5.20. The van der Waals surface area contributed by atoms with E-state index >= 15 is 0 Å². The van der Waals surface area contributed by atoms with Crippen molar-refractivity contribution in [2.24, 2.45) is 0 Å². The van der Waals surface area contributed by atoms with Gasteiger partial charge in [0.2, 0.25) is 0 Å². The normalized spacial score (nSPS) is 12.6. The number of hydrogen-bond acceptors (Lipinski definition) is 3. The largest absolute Gasteiger partial charge is 0.542 e. The maximum absolute atomic E-state index is 10.7. The van der Waals surface area contributed by atoms with Crippen LogP contribution < -0.4 is 10.0 Å². The van der Waals surface area contributed by atoms with Crippen molar-refractivity contribution < 1.29 is 19.2 Å². The van der Waals surface area contributed by atoms with Crippen molar-refractivity contribution >= 4 is 21.9 Å². The Morgan fingerprint density at radius 3 is 2.38 bits per heavy atom. The second-order valence-electron chi connectivity index (χ2n) is 5.35. The zero-order valence-corrected chi connectivity index (χ0v) is 13.6. The van der Waals surface area contributed by atoms with Gasteiger partial charge in [-0.25, -0.2) is 0 Å². The number of carbonyl (C=O) groups is 1. The van der Waals surface area contributed by atoms with Crippen LogP contribution in [0.2, 0.25) is 0 Å². The molecule has 5 heteroatoms. The summed E-state index contributed by atoms with van der Waals surface area (Å²) >= 11 is 3.43. The number of hydrogen-bond donors (Lipinski definition) is 1. The number of halogens is 1. The van der Waals surface area contributed by atoms with Crippen LogP contribution >= 0.6 is 15.9 Å². The molecule has 0 bridgehead atoms. The number of quaternary nitrogens is 1. The Labute approximate surface area is 132 Å². The lowest BCUT2D eigenvalue weighted by Crippen LogP contribution is -3.12. The number of carboxylic acid groups (broad SMARTS) is 1. The van der Waals surface area contributed by atoms with Gasteiger partial charge in [0, 0.05) is 10.0 Å². The number of furan rings is 1. The predicted octanol–water partition coefficient (Wildman–Crippen LogP) is 1.40. The topological polar surface area (TPSA) is 57.7 Å². The monoisotopic (exact) mass is 351 g/mol. The van der Waals surface area contributed by atoms with E-state index in [1.165, 1.54) is 16.5 Å². The Morgan fingerprint density at radius 1 is 1.19 bits per heavy atom. The fourth-order valence-corrected chi connectivity index (χ4v) is 2.41. The summed E-state index contributed by atoms with van der Waals surface area (Å²) in [6.07, 6.45) is 0. The minimum atomic E-state index is -1.28. The van der Waals surface area contributed by atoms with E-state index < -0.39 is 5.97 Å². The third-order valence-electron chi connectivity index (χ3n) is 3.43. The second kappa shape index (κ2) is 6.91. The molecule has 21 heavy (non-hydrogen) atoms. The van der Waals surface area contributed by atoms with Gasteiger partial charge in [0.25, 0.3) is 0 Å². The van der Waals surface area contributed by atoms with E-state index in [-0.39, 0.29) is 5.76 Å². The van der Waals surface area contributed by atoms with Crippen LogP contribution in [0.15, 0.2) is 45.3 Å². The van der Waals surface area contributed by atoms with Crippen LogP contribution in [0.3, 0.4) is 0 Å². The lowest BCUT2D eigenvalue weighted by molar-refractivity contribution is -0.949. The molecule has 1 heterocycles. The molecule has 0 amide bonds. The van der Waals surface area contributed by atoms with Gasteiger partial charge in [-0.3, -0.25) is 0 Å². The summed E-state index contributed by atoms with van der Waals surface area (Å²) in [5.41, 5.74) is 1.23. The quantitative estimate of drug-likeness (QED) is 0.855. The van der Waals surface area contributed by atoms with Gasteiger partial charge in [0.15, 0.2) is 5.76 Å². The highest BCUT2D eigenvalue weighted by atomic mass is 79.9. The molecular weight excluding hydrogens is 334 g/mol. The first kappa shape index (κ1) is 15.8. The lowest BCUT2D eigenvalue weighted by Gasteiger charge is -2.22. The van der Waals surface area contributed by atoms with Crippen molar-refractivity contribution in [3.8, 4) is 0 Å². The van der Waals surface area contributed by atoms with Crippen LogP contribution in [0.1, 0.15) is 35.7 Å². The summed E-state index contributed by atoms with van der Waals surface area (Å²) in [5, 5.41) is 10.7. The third kappa shape index (κ3) is 4.44. The maximum Gasteiger partial charge on any atom is 0.159 e. The second-order valence-corrected chi connectivity index (χ2v) is 6.26. The first-order valence-corrected chi connectivity index (χ1v) is 7.64. The van der Waals surface area contributed by atoms with Crippen molar-refractivity contribution in [2.75, 3.05) is 0 Å². The smallest absolute Gasteiger partial charge is 0.159 e. The van der Waals surface area contributed by atoms with Crippen molar-refractivity contribution in [1.29, 1.82) is 0 Å². The van der Waals surface area contributed by atoms with Gasteiger partial charge >= 0.3 is 0 Å². The molecule has 1 aromatic heterocycles. The SMILES string of the molecule is CC(C)[NH+](Cc1ccc(Br)cc1)Cc1ccc(C(=O)[O-])o1. The molecular formula is C16H18BrNO3. The first-order chi connectivity index (χ1) is 9.95.